The van der Waals surface area contributed by atoms with Crippen molar-refractivity contribution in [2.75, 3.05) is 5.73 Å². The number of phenolic OH excluding ortho intramolecular Hbond substituents is 1. The fourth-order valence-corrected chi connectivity index (χ4v) is 2.90. The minimum atomic E-state index is -4.04. The molecule has 0 bridgehead atoms. The van der Waals surface area contributed by atoms with Gasteiger partial charge in [-0.1, -0.05) is 15.9 Å². The molecule has 6 nitrogen and oxygen atoms in total. The number of nitrogens with one attached hydrogen (secondary N) is 1. The second kappa shape index (κ2) is 5.74. The lowest BCUT2D eigenvalue weighted by Gasteiger charge is -2.08. The molecule has 0 atom stereocenters. The Bertz CT molecular complexity index is 788. The number of nitrogens with two attached hydrogens (primary N) is 1. The summed E-state index contributed by atoms with van der Waals surface area (Å²) in [6.07, 6.45) is 0. The summed E-state index contributed by atoms with van der Waals surface area (Å²) < 4.78 is 26.5. The van der Waals surface area contributed by atoms with E-state index in [4.69, 9.17) is 5.73 Å². The largest absolute Gasteiger partial charge is 0.507 e. The zero-order valence-electron chi connectivity index (χ0n) is 10.6. The fraction of sp³-hybridized carbons (Fsp3) is 0. The molecule has 2 rings (SSSR count). The summed E-state index contributed by atoms with van der Waals surface area (Å²) in [6, 6.07) is 9.53. The Morgan fingerprint density at radius 3 is 2.38 bits per heavy atom. The monoisotopic (exact) mass is 370 g/mol. The van der Waals surface area contributed by atoms with Crippen molar-refractivity contribution in [3.63, 3.8) is 0 Å². The number of benzene rings is 2. The van der Waals surface area contributed by atoms with Gasteiger partial charge in [0.05, 0.1) is 10.5 Å². The first-order valence-corrected chi connectivity index (χ1v) is 7.98. The van der Waals surface area contributed by atoms with Gasteiger partial charge in [-0.15, -0.1) is 0 Å². The summed E-state index contributed by atoms with van der Waals surface area (Å²) in [6.45, 7) is 0. The van der Waals surface area contributed by atoms with Gasteiger partial charge in [0, 0.05) is 10.2 Å². The first-order valence-electron chi connectivity index (χ1n) is 5.71. The molecule has 0 aliphatic heterocycles. The van der Waals surface area contributed by atoms with E-state index in [-0.39, 0.29) is 16.2 Å². The molecule has 0 saturated carbocycles. The maximum absolute atomic E-state index is 12.1. The first-order chi connectivity index (χ1) is 9.79. The molecule has 0 fully saturated rings. The van der Waals surface area contributed by atoms with Crippen LogP contribution in [-0.4, -0.2) is 19.4 Å². The molecule has 2 aromatic carbocycles. The van der Waals surface area contributed by atoms with Crippen LogP contribution in [0.1, 0.15) is 10.4 Å². The molecular weight excluding hydrogens is 360 g/mol. The van der Waals surface area contributed by atoms with Gasteiger partial charge in [-0.05, 0) is 42.5 Å². The predicted octanol–water partition coefficient (Wildman–Crippen LogP) is 1.86. The zero-order chi connectivity index (χ0) is 15.6. The number of carbonyl (C=O) groups excluding carboxylic acids is 1. The predicted molar refractivity (Wildman–Crippen MR) is 81.3 cm³/mol. The average molecular weight is 371 g/mol. The Morgan fingerprint density at radius 2 is 1.76 bits per heavy atom. The van der Waals surface area contributed by atoms with E-state index < -0.39 is 15.9 Å². The SMILES string of the molecule is Nc1ccc(S(=O)(=O)NC(=O)c2cc(Br)ccc2O)cc1. The van der Waals surface area contributed by atoms with Crippen LogP contribution >= 0.6 is 15.9 Å². The highest BCUT2D eigenvalue weighted by atomic mass is 79.9. The van der Waals surface area contributed by atoms with E-state index in [9.17, 15) is 18.3 Å². The Labute approximate surface area is 129 Å². The van der Waals surface area contributed by atoms with Crippen molar-refractivity contribution < 1.29 is 18.3 Å². The van der Waals surface area contributed by atoms with Gasteiger partial charge in [-0.2, -0.15) is 0 Å². The van der Waals surface area contributed by atoms with Crippen LogP contribution in [0.15, 0.2) is 51.8 Å². The molecule has 2 aromatic rings. The van der Waals surface area contributed by atoms with Crippen LogP contribution in [-0.2, 0) is 10.0 Å². The van der Waals surface area contributed by atoms with E-state index in [1.165, 1.54) is 42.5 Å². The number of phenols is 1. The molecule has 110 valence electrons. The Hall–Kier alpha value is -2.06. The number of anilines is 1. The summed E-state index contributed by atoms with van der Waals surface area (Å²) >= 11 is 3.14. The van der Waals surface area contributed by atoms with Gasteiger partial charge in [0.2, 0.25) is 0 Å². The third kappa shape index (κ3) is 3.53. The number of sulfonamides is 1. The third-order valence-corrected chi connectivity index (χ3v) is 4.46. The molecule has 0 unspecified atom stereocenters. The van der Waals surface area contributed by atoms with Gasteiger partial charge < -0.3 is 10.8 Å². The van der Waals surface area contributed by atoms with Crippen LogP contribution in [0.25, 0.3) is 0 Å². The molecule has 0 radical (unpaired) electrons. The molecule has 1 amide bonds. The third-order valence-electron chi connectivity index (χ3n) is 2.62. The van der Waals surface area contributed by atoms with Crippen molar-refractivity contribution in [2.45, 2.75) is 4.90 Å². The molecule has 0 heterocycles. The van der Waals surface area contributed by atoms with E-state index in [1.54, 1.807) is 0 Å². The molecule has 0 aliphatic rings. The van der Waals surface area contributed by atoms with Gasteiger partial charge in [-0.3, -0.25) is 4.79 Å². The normalized spacial score (nSPS) is 11.1. The molecule has 8 heteroatoms. The Morgan fingerprint density at radius 1 is 1.14 bits per heavy atom. The van der Waals surface area contributed by atoms with Crippen LogP contribution in [0.3, 0.4) is 0 Å². The second-order valence-corrected chi connectivity index (χ2v) is 6.76. The summed E-state index contributed by atoms with van der Waals surface area (Å²) in [5, 5.41) is 9.62. The number of halogens is 1. The van der Waals surface area contributed by atoms with E-state index in [0.717, 1.165) is 0 Å². The van der Waals surface area contributed by atoms with Gasteiger partial charge >= 0.3 is 0 Å². The highest BCUT2D eigenvalue weighted by Gasteiger charge is 2.20. The summed E-state index contributed by atoms with van der Waals surface area (Å²) in [7, 11) is -4.04. The lowest BCUT2D eigenvalue weighted by Crippen LogP contribution is -2.30. The van der Waals surface area contributed by atoms with Gasteiger partial charge in [0.25, 0.3) is 15.9 Å². The lowest BCUT2D eigenvalue weighted by molar-refractivity contribution is 0.0979. The Kier molecular flexibility index (Phi) is 4.19. The molecule has 0 saturated heterocycles. The molecule has 0 aromatic heterocycles. The maximum atomic E-state index is 12.1. The van der Waals surface area contributed by atoms with Crippen LogP contribution < -0.4 is 10.5 Å². The van der Waals surface area contributed by atoms with Gasteiger partial charge in [-0.25, -0.2) is 13.1 Å². The van der Waals surface area contributed by atoms with Crippen LogP contribution in [0.2, 0.25) is 0 Å². The van der Waals surface area contributed by atoms with Gasteiger partial charge in [0.15, 0.2) is 0 Å². The molecular formula is C13H11BrN2O4S. The fourth-order valence-electron chi connectivity index (χ4n) is 1.57. The van der Waals surface area contributed by atoms with Crippen LogP contribution in [0.5, 0.6) is 5.75 Å². The highest BCUT2D eigenvalue weighted by Crippen LogP contribution is 2.22. The lowest BCUT2D eigenvalue weighted by atomic mass is 10.2. The van der Waals surface area contributed by atoms with Crippen LogP contribution in [0, 0.1) is 0 Å². The quantitative estimate of drug-likeness (QED) is 0.714. The summed E-state index contributed by atoms with van der Waals surface area (Å²) in [5.74, 6) is -1.24. The summed E-state index contributed by atoms with van der Waals surface area (Å²) in [5.41, 5.74) is 5.74. The number of amides is 1. The van der Waals surface area contributed by atoms with Crippen molar-refractivity contribution >= 4 is 37.5 Å². The zero-order valence-corrected chi connectivity index (χ0v) is 13.0. The van der Waals surface area contributed by atoms with Crippen molar-refractivity contribution in [1.82, 2.24) is 4.72 Å². The number of hydrogen-bond acceptors (Lipinski definition) is 5. The van der Waals surface area contributed by atoms with E-state index in [1.807, 2.05) is 4.72 Å². The average Bonchev–Trinajstić information content (AvgIpc) is 2.41. The van der Waals surface area contributed by atoms with Crippen molar-refractivity contribution in [1.29, 1.82) is 0 Å². The minimum absolute atomic E-state index is 0.0977. The van der Waals surface area contributed by atoms with E-state index in [2.05, 4.69) is 15.9 Å². The number of aromatic hydroxyl groups is 1. The van der Waals surface area contributed by atoms with E-state index >= 15 is 0 Å². The van der Waals surface area contributed by atoms with Crippen molar-refractivity contribution in [2.24, 2.45) is 0 Å². The maximum Gasteiger partial charge on any atom is 0.268 e. The van der Waals surface area contributed by atoms with Crippen LogP contribution in [0.4, 0.5) is 5.69 Å². The second-order valence-electron chi connectivity index (χ2n) is 4.17. The Balaban J connectivity index is 2.30. The standard InChI is InChI=1S/C13H11BrN2O4S/c14-8-1-6-12(17)11(7-8)13(18)16-21(19,20)10-4-2-9(15)3-5-10/h1-7,17H,15H2,(H,16,18). The van der Waals surface area contributed by atoms with E-state index in [0.29, 0.717) is 10.2 Å². The smallest absolute Gasteiger partial charge is 0.268 e. The number of carbonyl (C=O) groups is 1. The summed E-state index contributed by atoms with van der Waals surface area (Å²) in [4.78, 5) is 11.9. The highest BCUT2D eigenvalue weighted by molar-refractivity contribution is 9.10. The van der Waals surface area contributed by atoms with Crippen molar-refractivity contribution in [3.8, 4) is 5.75 Å². The number of nitrogen functional groups attached to an aromatic ring is 1. The minimum Gasteiger partial charge on any atom is -0.507 e. The first kappa shape index (κ1) is 15.3. The van der Waals surface area contributed by atoms with Crippen molar-refractivity contribution in [3.05, 3.63) is 52.5 Å². The number of rotatable bonds is 3. The topological polar surface area (TPSA) is 109 Å². The van der Waals surface area contributed by atoms with Gasteiger partial charge in [0.1, 0.15) is 5.75 Å². The molecule has 0 aliphatic carbocycles. The molecule has 0 spiro atoms. The number of hydrogen-bond donors (Lipinski definition) is 3. The molecule has 21 heavy (non-hydrogen) atoms. The molecule has 4 N–H and O–H groups in total.